The first-order valence-corrected chi connectivity index (χ1v) is 11.4. The minimum absolute atomic E-state index is 0.261. The van der Waals surface area contributed by atoms with Gasteiger partial charge in [-0.3, -0.25) is 4.99 Å². The maximum absolute atomic E-state index is 12.3. The zero-order valence-corrected chi connectivity index (χ0v) is 20.1. The number of thiophene rings is 1. The minimum Gasteiger partial charge on any atom is -0.489 e. The summed E-state index contributed by atoms with van der Waals surface area (Å²) in [7, 11) is 0. The van der Waals surface area contributed by atoms with E-state index in [4.69, 9.17) is 19.9 Å². The van der Waals surface area contributed by atoms with Crippen LogP contribution in [0.5, 0.6) is 11.5 Å². The summed E-state index contributed by atoms with van der Waals surface area (Å²) < 4.78 is 17.0. The Kier molecular flexibility index (Phi) is 10.2. The lowest BCUT2D eigenvalue weighted by Crippen LogP contribution is -2.09. The van der Waals surface area contributed by atoms with Crippen molar-refractivity contribution in [2.24, 2.45) is 10.7 Å². The van der Waals surface area contributed by atoms with Crippen LogP contribution in [-0.4, -0.2) is 25.4 Å². The number of hydrogen-bond donors (Lipinski definition) is 1. The molecule has 174 valence electrons. The largest absolute Gasteiger partial charge is 0.489 e. The molecule has 0 aliphatic rings. The van der Waals surface area contributed by atoms with Gasteiger partial charge in [-0.15, -0.1) is 11.3 Å². The van der Waals surface area contributed by atoms with Gasteiger partial charge in [0.1, 0.15) is 24.7 Å². The van der Waals surface area contributed by atoms with Gasteiger partial charge >= 0.3 is 5.97 Å². The molecule has 0 saturated carbocycles. The molecule has 0 unspecified atom stereocenters. The molecule has 0 spiro atoms. The fourth-order valence-corrected chi connectivity index (χ4v) is 4.08. The number of rotatable bonds is 12. The molecule has 2 N–H and O–H groups in total. The zero-order chi connectivity index (χ0) is 24.2. The number of ether oxygens (including phenoxy) is 3. The normalized spacial score (nSPS) is 12.0. The van der Waals surface area contributed by atoms with E-state index in [9.17, 15) is 4.79 Å². The Morgan fingerprint density at radius 1 is 1.21 bits per heavy atom. The third kappa shape index (κ3) is 7.22. The second-order valence-corrected chi connectivity index (χ2v) is 7.67. The van der Waals surface area contributed by atoms with E-state index < -0.39 is 0 Å². The smallest absolute Gasteiger partial charge is 0.339 e. The van der Waals surface area contributed by atoms with Gasteiger partial charge < -0.3 is 19.9 Å². The zero-order valence-electron chi connectivity index (χ0n) is 19.3. The van der Waals surface area contributed by atoms with Crippen LogP contribution in [0.25, 0.3) is 11.3 Å². The van der Waals surface area contributed by atoms with E-state index in [-0.39, 0.29) is 12.6 Å². The highest BCUT2D eigenvalue weighted by Crippen LogP contribution is 2.34. The quantitative estimate of drug-likeness (QED) is 0.244. The van der Waals surface area contributed by atoms with E-state index in [1.807, 2.05) is 42.6 Å². The molecular weight excluding hydrogens is 436 g/mol. The Morgan fingerprint density at radius 3 is 2.55 bits per heavy atom. The van der Waals surface area contributed by atoms with Crippen molar-refractivity contribution in [2.75, 3.05) is 13.2 Å². The number of allylic oxidation sites excluding steroid dienone is 2. The SMILES string of the molecule is C=C/N=C\C(=C/C)COc1cccc(OCc2csc(/C(=C\C)C(=O)OCC)c2C(=C)N)c1. The van der Waals surface area contributed by atoms with Gasteiger partial charge in [-0.25, -0.2) is 4.79 Å². The van der Waals surface area contributed by atoms with Crippen LogP contribution in [0.3, 0.4) is 0 Å². The third-order valence-electron chi connectivity index (χ3n) is 4.54. The number of benzene rings is 1. The van der Waals surface area contributed by atoms with Crippen LogP contribution in [-0.2, 0) is 16.1 Å². The Labute approximate surface area is 199 Å². The monoisotopic (exact) mass is 466 g/mol. The molecule has 2 rings (SSSR count). The molecule has 0 amide bonds. The molecule has 2 aromatic rings. The van der Waals surface area contributed by atoms with E-state index in [1.54, 1.807) is 26.1 Å². The topological polar surface area (TPSA) is 83.1 Å². The van der Waals surface area contributed by atoms with Gasteiger partial charge in [0.25, 0.3) is 0 Å². The summed E-state index contributed by atoms with van der Waals surface area (Å²) in [5, 5.41) is 1.92. The van der Waals surface area contributed by atoms with Gasteiger partial charge in [-0.2, -0.15) is 0 Å². The Morgan fingerprint density at radius 2 is 1.94 bits per heavy atom. The second kappa shape index (κ2) is 13.1. The number of aliphatic imine (C=N–C) groups is 1. The van der Waals surface area contributed by atoms with Crippen molar-refractivity contribution in [3.8, 4) is 11.5 Å². The van der Waals surface area contributed by atoms with Crippen LogP contribution >= 0.6 is 11.3 Å². The Hall–Kier alpha value is -3.58. The molecule has 1 heterocycles. The standard InChI is InChI=1S/C26H30N2O4S/c1-6-19(14-28-8-3)15-31-21-11-10-12-22(13-21)32-16-20-17-33-25(24(20)18(5)27)23(7-2)26(29)30-9-4/h6-8,10-14,17H,3,5,9,15-16,27H2,1-2,4H3/b19-6+,23-7+,28-14-. The fourth-order valence-electron chi connectivity index (χ4n) is 2.93. The molecule has 0 atom stereocenters. The predicted molar refractivity (Wildman–Crippen MR) is 137 cm³/mol. The van der Waals surface area contributed by atoms with Gasteiger partial charge in [0, 0.05) is 40.9 Å². The van der Waals surface area contributed by atoms with Crippen molar-refractivity contribution in [2.45, 2.75) is 27.4 Å². The van der Waals surface area contributed by atoms with Crippen LogP contribution in [0.2, 0.25) is 0 Å². The van der Waals surface area contributed by atoms with Crippen molar-refractivity contribution in [3.05, 3.63) is 82.7 Å². The number of esters is 1. The van der Waals surface area contributed by atoms with E-state index in [2.05, 4.69) is 18.2 Å². The van der Waals surface area contributed by atoms with Gasteiger partial charge in [0.15, 0.2) is 0 Å². The molecule has 6 nitrogen and oxygen atoms in total. The summed E-state index contributed by atoms with van der Waals surface area (Å²) >= 11 is 1.41. The van der Waals surface area contributed by atoms with Crippen LogP contribution in [0.1, 0.15) is 36.8 Å². The molecule has 0 radical (unpaired) electrons. The van der Waals surface area contributed by atoms with Crippen molar-refractivity contribution >= 4 is 34.8 Å². The van der Waals surface area contributed by atoms with Crippen molar-refractivity contribution < 1.29 is 19.0 Å². The van der Waals surface area contributed by atoms with Crippen molar-refractivity contribution in [1.82, 2.24) is 0 Å². The number of nitrogens with two attached hydrogens (primary N) is 1. The average Bonchev–Trinajstić information content (AvgIpc) is 3.23. The Bertz CT molecular complexity index is 1080. The van der Waals surface area contributed by atoms with Gasteiger partial charge in [-0.05, 0) is 38.3 Å². The summed E-state index contributed by atoms with van der Waals surface area (Å²) in [6.45, 7) is 13.9. The highest BCUT2D eigenvalue weighted by atomic mass is 32.1. The lowest BCUT2D eigenvalue weighted by atomic mass is 10.0. The minimum atomic E-state index is -0.389. The summed E-state index contributed by atoms with van der Waals surface area (Å²) in [5.41, 5.74) is 9.37. The van der Waals surface area contributed by atoms with Crippen LogP contribution in [0.4, 0.5) is 0 Å². The number of hydrogen-bond acceptors (Lipinski definition) is 7. The number of nitrogens with zero attached hydrogens (tertiary/aromatic N) is 1. The first-order valence-electron chi connectivity index (χ1n) is 10.5. The van der Waals surface area contributed by atoms with Crippen LogP contribution in [0.15, 0.2) is 71.7 Å². The van der Waals surface area contributed by atoms with Crippen LogP contribution in [0, 0.1) is 0 Å². The third-order valence-corrected chi connectivity index (χ3v) is 5.60. The average molecular weight is 467 g/mol. The lowest BCUT2D eigenvalue weighted by Gasteiger charge is -2.12. The molecule has 33 heavy (non-hydrogen) atoms. The first kappa shape index (κ1) is 25.7. The van der Waals surface area contributed by atoms with Crippen molar-refractivity contribution in [3.63, 3.8) is 0 Å². The Balaban J connectivity index is 2.15. The molecule has 7 heteroatoms. The molecule has 0 aliphatic heterocycles. The van der Waals surface area contributed by atoms with Gasteiger partial charge in [0.2, 0.25) is 0 Å². The fraction of sp³-hybridized carbons (Fsp3) is 0.231. The molecular formula is C26H30N2O4S. The van der Waals surface area contributed by atoms with Crippen LogP contribution < -0.4 is 15.2 Å². The van der Waals surface area contributed by atoms with Gasteiger partial charge in [-0.1, -0.05) is 31.4 Å². The second-order valence-electron chi connectivity index (χ2n) is 6.79. The summed E-state index contributed by atoms with van der Waals surface area (Å²) in [6.07, 6.45) is 6.83. The summed E-state index contributed by atoms with van der Waals surface area (Å²) in [5.74, 6) is 0.930. The number of carbonyl (C=O) groups is 1. The van der Waals surface area contributed by atoms with E-state index in [0.29, 0.717) is 41.5 Å². The van der Waals surface area contributed by atoms with Gasteiger partial charge in [0.05, 0.1) is 17.1 Å². The number of carbonyl (C=O) groups excluding carboxylic acids is 1. The van der Waals surface area contributed by atoms with Crippen molar-refractivity contribution in [1.29, 1.82) is 0 Å². The summed E-state index contributed by atoms with van der Waals surface area (Å²) in [6, 6.07) is 7.39. The van der Waals surface area contributed by atoms with E-state index in [0.717, 1.165) is 16.0 Å². The highest BCUT2D eigenvalue weighted by molar-refractivity contribution is 7.12. The predicted octanol–water partition coefficient (Wildman–Crippen LogP) is 5.76. The molecule has 0 fully saturated rings. The first-order chi connectivity index (χ1) is 15.9. The van der Waals surface area contributed by atoms with E-state index in [1.165, 1.54) is 17.5 Å². The molecule has 0 aliphatic carbocycles. The molecule has 1 aromatic heterocycles. The lowest BCUT2D eigenvalue weighted by molar-refractivity contribution is -0.136. The highest BCUT2D eigenvalue weighted by Gasteiger charge is 2.21. The summed E-state index contributed by atoms with van der Waals surface area (Å²) in [4.78, 5) is 17.1. The molecule has 1 aromatic carbocycles. The maximum Gasteiger partial charge on any atom is 0.339 e. The maximum atomic E-state index is 12.3. The van der Waals surface area contributed by atoms with E-state index >= 15 is 0 Å². The molecule has 0 bridgehead atoms. The molecule has 0 saturated heterocycles.